The topological polar surface area (TPSA) is 190 Å². The third-order valence-electron chi connectivity index (χ3n) is 7.86. The summed E-state index contributed by atoms with van der Waals surface area (Å²) in [6.45, 7) is 0. The molecule has 2 aromatic carbocycles. The van der Waals surface area contributed by atoms with Crippen molar-refractivity contribution in [1.29, 1.82) is 0 Å². The van der Waals surface area contributed by atoms with Gasteiger partial charge in [-0.3, -0.25) is 19.2 Å². The van der Waals surface area contributed by atoms with Crippen molar-refractivity contribution in [3.05, 3.63) is 76.1 Å². The highest BCUT2D eigenvalue weighted by Gasteiger charge is 2.64. The number of Topliss-reactive ketones (excluding diaryl/α,β-unsaturated/α-hetero) is 2. The second-order valence-corrected chi connectivity index (χ2v) is 10.2. The fraction of sp³-hybridized carbons (Fsp3) is 0.286. The van der Waals surface area contributed by atoms with Crippen molar-refractivity contribution < 1.29 is 39.6 Å². The molecule has 1 unspecified atom stereocenters. The molecule has 11 nitrogen and oxygen atoms in total. The molecule has 0 heterocycles. The minimum absolute atomic E-state index is 0.0160. The standard InChI is InChI=1S/C28H27N3O8/c1-31(2)16-8-9-17(32)19-14(16)10-13-11-15-21(30-27(38)12-6-4-3-5-7-12)23(34)20(26(29)37)25(36)28(15,39)24(35)18(13)22(19)33/h3-9,13,15,21,32-33,36,39H,10-11H2,1-2H3,(H2,29,37)(H,30,38)/t13-,15-,21?,28-/m0/s1. The number of aliphatic hydroxyl groups is 3. The van der Waals surface area contributed by atoms with Crippen molar-refractivity contribution in [3.63, 3.8) is 0 Å². The number of nitrogens with one attached hydrogen (secondary N) is 1. The van der Waals surface area contributed by atoms with Crippen LogP contribution in [-0.4, -0.2) is 69.5 Å². The Morgan fingerprint density at radius 1 is 1.05 bits per heavy atom. The minimum atomic E-state index is -2.85. The molecule has 0 aliphatic heterocycles. The van der Waals surface area contributed by atoms with E-state index in [1.165, 1.54) is 18.2 Å². The van der Waals surface area contributed by atoms with Gasteiger partial charge in [-0.25, -0.2) is 0 Å². The Labute approximate surface area is 222 Å². The van der Waals surface area contributed by atoms with E-state index in [4.69, 9.17) is 5.73 Å². The predicted octanol–water partition coefficient (Wildman–Crippen LogP) is 0.898. The number of nitrogens with two attached hydrogens (primary N) is 1. The van der Waals surface area contributed by atoms with Gasteiger partial charge in [-0.2, -0.15) is 0 Å². The average molecular weight is 534 g/mol. The number of phenols is 1. The molecule has 3 aliphatic rings. The first-order chi connectivity index (χ1) is 18.4. The molecule has 2 amide bonds. The monoisotopic (exact) mass is 533 g/mol. The highest BCUT2D eigenvalue weighted by molar-refractivity contribution is 6.25. The van der Waals surface area contributed by atoms with E-state index in [0.717, 1.165) is 0 Å². The normalized spacial score (nSPS) is 26.0. The quantitative estimate of drug-likeness (QED) is 0.310. The maximum Gasteiger partial charge on any atom is 0.255 e. The van der Waals surface area contributed by atoms with E-state index in [-0.39, 0.29) is 35.3 Å². The van der Waals surface area contributed by atoms with Crippen LogP contribution in [0.5, 0.6) is 5.75 Å². The second kappa shape index (κ2) is 8.98. The number of benzene rings is 2. The van der Waals surface area contributed by atoms with Crippen molar-refractivity contribution in [2.24, 2.45) is 17.6 Å². The van der Waals surface area contributed by atoms with Crippen molar-refractivity contribution in [2.75, 3.05) is 19.0 Å². The lowest BCUT2D eigenvalue weighted by Crippen LogP contribution is -2.66. The van der Waals surface area contributed by atoms with Gasteiger partial charge >= 0.3 is 0 Å². The summed E-state index contributed by atoms with van der Waals surface area (Å²) in [5, 5.41) is 47.0. The lowest BCUT2D eigenvalue weighted by atomic mass is 9.57. The molecule has 0 radical (unpaired) electrons. The van der Waals surface area contributed by atoms with E-state index in [2.05, 4.69) is 5.32 Å². The molecule has 11 heteroatoms. The van der Waals surface area contributed by atoms with Gasteiger partial charge in [0.1, 0.15) is 22.8 Å². The molecule has 0 aromatic heterocycles. The summed E-state index contributed by atoms with van der Waals surface area (Å²) in [5.41, 5.74) is 2.67. The summed E-state index contributed by atoms with van der Waals surface area (Å²) >= 11 is 0. The molecule has 7 N–H and O–H groups in total. The van der Waals surface area contributed by atoms with E-state index in [1.807, 2.05) is 0 Å². The highest BCUT2D eigenvalue weighted by atomic mass is 16.3. The van der Waals surface area contributed by atoms with Crippen LogP contribution in [0.25, 0.3) is 5.76 Å². The van der Waals surface area contributed by atoms with Gasteiger partial charge in [-0.1, -0.05) is 18.2 Å². The van der Waals surface area contributed by atoms with Gasteiger partial charge in [0.05, 0.1) is 11.6 Å². The second-order valence-electron chi connectivity index (χ2n) is 10.2. The SMILES string of the molecule is CN(C)c1ccc(O)c2c1C[C@H]1C[C@H]3C(NC(=O)c4ccccc4)C(=O)C(C(N)=O)=C(O)[C@@]3(O)C(=O)C1=C2O. The van der Waals surface area contributed by atoms with E-state index in [9.17, 15) is 39.6 Å². The van der Waals surface area contributed by atoms with Crippen LogP contribution in [0.4, 0.5) is 5.69 Å². The molecule has 3 aliphatic carbocycles. The van der Waals surface area contributed by atoms with E-state index in [0.29, 0.717) is 11.3 Å². The fourth-order valence-electron chi connectivity index (χ4n) is 6.06. The van der Waals surface area contributed by atoms with Crippen molar-refractivity contribution in [2.45, 2.75) is 24.5 Å². The van der Waals surface area contributed by atoms with Crippen LogP contribution in [0.2, 0.25) is 0 Å². The Balaban J connectivity index is 1.68. The van der Waals surface area contributed by atoms with Gasteiger partial charge in [0.25, 0.3) is 11.8 Å². The summed E-state index contributed by atoms with van der Waals surface area (Å²) < 4.78 is 0. The van der Waals surface area contributed by atoms with E-state index < -0.39 is 64.0 Å². The molecule has 0 spiro atoms. The molecule has 4 atom stereocenters. The summed E-state index contributed by atoms with van der Waals surface area (Å²) in [7, 11) is 3.55. The number of rotatable bonds is 4. The number of phenolic OH excluding ortho intramolecular Hbond substituents is 1. The molecular formula is C28H27N3O8. The molecule has 0 saturated heterocycles. The first kappa shape index (κ1) is 26.0. The number of primary amides is 1. The first-order valence-electron chi connectivity index (χ1n) is 12.3. The summed E-state index contributed by atoms with van der Waals surface area (Å²) in [5.74, 6) is -8.50. The predicted molar refractivity (Wildman–Crippen MR) is 139 cm³/mol. The largest absolute Gasteiger partial charge is 0.508 e. The smallest absolute Gasteiger partial charge is 0.255 e. The number of nitrogens with zero attached hydrogens (tertiary/aromatic N) is 1. The van der Waals surface area contributed by atoms with Gasteiger partial charge < -0.3 is 36.4 Å². The third-order valence-corrected chi connectivity index (χ3v) is 7.86. The van der Waals surface area contributed by atoms with Crippen LogP contribution in [0.1, 0.15) is 27.9 Å². The number of aliphatic hydroxyl groups excluding tert-OH is 2. The molecule has 39 heavy (non-hydrogen) atoms. The third kappa shape index (κ3) is 3.68. The van der Waals surface area contributed by atoms with Gasteiger partial charge in [0.15, 0.2) is 11.4 Å². The Morgan fingerprint density at radius 3 is 2.33 bits per heavy atom. The number of hydrogen-bond donors (Lipinski definition) is 6. The Hall–Kier alpha value is -4.64. The van der Waals surface area contributed by atoms with Crippen LogP contribution in [0, 0.1) is 11.8 Å². The maximum absolute atomic E-state index is 13.9. The number of fused-ring (bicyclic) bond motifs is 3. The van der Waals surface area contributed by atoms with Crippen molar-refractivity contribution in [3.8, 4) is 5.75 Å². The van der Waals surface area contributed by atoms with Crippen molar-refractivity contribution in [1.82, 2.24) is 5.32 Å². The first-order valence-corrected chi connectivity index (χ1v) is 12.3. The highest BCUT2D eigenvalue weighted by Crippen LogP contribution is 2.53. The molecular weight excluding hydrogens is 506 g/mol. The summed E-state index contributed by atoms with van der Waals surface area (Å²) in [6.07, 6.45) is 0.0147. The lowest BCUT2D eigenvalue weighted by Gasteiger charge is -2.49. The van der Waals surface area contributed by atoms with Crippen LogP contribution < -0.4 is 16.0 Å². The lowest BCUT2D eigenvalue weighted by molar-refractivity contribution is -0.150. The Kier molecular flexibility index (Phi) is 5.99. The molecule has 0 bridgehead atoms. The molecule has 1 saturated carbocycles. The zero-order chi connectivity index (χ0) is 28.4. The van der Waals surface area contributed by atoms with Gasteiger partial charge in [0, 0.05) is 36.8 Å². The number of hydrogen-bond acceptors (Lipinski definition) is 9. The number of aromatic hydroxyl groups is 1. The van der Waals surface area contributed by atoms with Gasteiger partial charge in [-0.15, -0.1) is 0 Å². The maximum atomic E-state index is 13.9. The molecule has 2 aromatic rings. The Morgan fingerprint density at radius 2 is 1.72 bits per heavy atom. The average Bonchev–Trinajstić information content (AvgIpc) is 2.88. The van der Waals surface area contributed by atoms with E-state index in [1.54, 1.807) is 43.3 Å². The minimum Gasteiger partial charge on any atom is -0.508 e. The van der Waals surface area contributed by atoms with Crippen molar-refractivity contribution >= 4 is 34.8 Å². The number of carbonyl (C=O) groups excluding carboxylic acids is 4. The van der Waals surface area contributed by atoms with Crippen LogP contribution >= 0.6 is 0 Å². The fourth-order valence-corrected chi connectivity index (χ4v) is 6.06. The molecule has 5 rings (SSSR count). The van der Waals surface area contributed by atoms with Gasteiger partial charge in [-0.05, 0) is 48.6 Å². The van der Waals surface area contributed by atoms with Gasteiger partial charge in [0.2, 0.25) is 5.78 Å². The number of ketones is 2. The Bertz CT molecular complexity index is 1510. The number of amides is 2. The van der Waals surface area contributed by atoms with E-state index >= 15 is 0 Å². The number of anilines is 1. The zero-order valence-electron chi connectivity index (χ0n) is 21.1. The molecule has 1 fully saturated rings. The number of carbonyl (C=O) groups is 4. The van der Waals surface area contributed by atoms with Crippen LogP contribution in [-0.2, 0) is 20.8 Å². The van der Waals surface area contributed by atoms with Crippen LogP contribution in [0.15, 0.2) is 59.4 Å². The molecule has 202 valence electrons. The summed E-state index contributed by atoms with van der Waals surface area (Å²) in [4.78, 5) is 54.3. The summed E-state index contributed by atoms with van der Waals surface area (Å²) in [6, 6.07) is 9.33. The zero-order valence-corrected chi connectivity index (χ0v) is 21.1. The van der Waals surface area contributed by atoms with Crippen LogP contribution in [0.3, 0.4) is 0 Å².